The zero-order valence-corrected chi connectivity index (χ0v) is 22.5. The second-order valence-corrected chi connectivity index (χ2v) is 9.94. The molecule has 1 fully saturated rings. The van der Waals surface area contributed by atoms with Gasteiger partial charge >= 0.3 is 6.03 Å². The summed E-state index contributed by atoms with van der Waals surface area (Å²) < 4.78 is 5.50. The number of hydrogen-bond acceptors (Lipinski definition) is 5. The highest BCUT2D eigenvalue weighted by Crippen LogP contribution is 2.28. The van der Waals surface area contributed by atoms with Crippen LogP contribution >= 0.6 is 0 Å². The van der Waals surface area contributed by atoms with Gasteiger partial charge < -0.3 is 25.0 Å². The topological polar surface area (TPSA) is 68.3 Å². The van der Waals surface area contributed by atoms with Crippen LogP contribution in [0.1, 0.15) is 33.6 Å². The van der Waals surface area contributed by atoms with Crippen LogP contribution in [0.2, 0.25) is 0 Å². The molecule has 0 radical (unpaired) electrons. The number of rotatable bonds is 11. The van der Waals surface area contributed by atoms with Crippen LogP contribution in [0, 0.1) is 5.92 Å². The highest BCUT2D eigenvalue weighted by molar-refractivity contribution is 5.76. The van der Waals surface area contributed by atoms with Crippen molar-refractivity contribution in [3.05, 3.63) is 59.7 Å². The maximum atomic E-state index is 12.7. The minimum atomic E-state index is -0.472. The highest BCUT2D eigenvalue weighted by Gasteiger charge is 2.24. The molecule has 0 aliphatic carbocycles. The van der Waals surface area contributed by atoms with E-state index in [2.05, 4.69) is 54.6 Å². The van der Waals surface area contributed by atoms with Crippen molar-refractivity contribution in [2.75, 3.05) is 64.4 Å². The Labute approximate surface area is 217 Å². The van der Waals surface area contributed by atoms with Gasteiger partial charge in [0, 0.05) is 52.4 Å². The molecule has 1 saturated heterocycles. The molecule has 0 bridgehead atoms. The maximum absolute atomic E-state index is 12.7. The molecule has 3 rings (SSSR count). The van der Waals surface area contributed by atoms with Crippen molar-refractivity contribution in [1.82, 2.24) is 15.1 Å². The first-order chi connectivity index (χ1) is 17.4. The number of carbonyl (C=O) groups is 1. The molecule has 2 aliphatic heterocycles. The first-order valence-corrected chi connectivity index (χ1v) is 13.2. The number of anilines is 1. The van der Waals surface area contributed by atoms with E-state index in [1.54, 1.807) is 7.11 Å². The number of amides is 2. The minimum Gasteiger partial charge on any atom is -0.495 e. The number of β-amino-alcohol motifs (C(OH)–C–C–N with tert-alkyl or cyclic N) is 1. The fourth-order valence-corrected chi connectivity index (χ4v) is 4.80. The Kier molecular flexibility index (Phi) is 10.4. The largest absolute Gasteiger partial charge is 0.495 e. The molecule has 2 unspecified atom stereocenters. The number of aliphatic hydroxyl groups excluding tert-OH is 1. The molecular weight excluding hydrogens is 452 g/mol. The lowest BCUT2D eigenvalue weighted by Crippen LogP contribution is -2.49. The van der Waals surface area contributed by atoms with Crippen LogP contribution in [-0.4, -0.2) is 86.5 Å². The number of carbonyl (C=O) groups excluding carboxylic acids is 1. The van der Waals surface area contributed by atoms with Crippen LogP contribution in [0.3, 0.4) is 0 Å². The summed E-state index contributed by atoms with van der Waals surface area (Å²) in [6, 6.07) is 8.01. The second kappa shape index (κ2) is 13.5. The van der Waals surface area contributed by atoms with Gasteiger partial charge in [-0.3, -0.25) is 4.90 Å². The third-order valence-electron chi connectivity index (χ3n) is 7.48. The first-order valence-electron chi connectivity index (χ1n) is 13.2. The molecule has 2 atom stereocenters. The van der Waals surface area contributed by atoms with Crippen molar-refractivity contribution in [2.45, 2.75) is 39.7 Å². The number of methoxy groups -OCH3 is 1. The van der Waals surface area contributed by atoms with Gasteiger partial charge in [0.05, 0.1) is 18.9 Å². The molecule has 2 N–H and O–H groups in total. The van der Waals surface area contributed by atoms with Crippen molar-refractivity contribution in [1.29, 1.82) is 0 Å². The molecule has 1 aromatic carbocycles. The molecule has 198 valence electrons. The number of para-hydroxylation sites is 2. The van der Waals surface area contributed by atoms with E-state index in [1.165, 1.54) is 11.1 Å². The van der Waals surface area contributed by atoms with E-state index in [-0.39, 0.29) is 6.03 Å². The average molecular weight is 497 g/mol. The van der Waals surface area contributed by atoms with Gasteiger partial charge in [-0.05, 0) is 49.0 Å². The summed E-state index contributed by atoms with van der Waals surface area (Å²) in [5.41, 5.74) is 4.74. The average Bonchev–Trinajstić information content (AvgIpc) is 3.31. The Morgan fingerprint density at radius 2 is 1.89 bits per heavy atom. The monoisotopic (exact) mass is 496 g/mol. The summed E-state index contributed by atoms with van der Waals surface area (Å²) in [5, 5.41) is 13.6. The van der Waals surface area contributed by atoms with E-state index in [9.17, 15) is 9.90 Å². The highest BCUT2D eigenvalue weighted by atomic mass is 16.5. The number of ether oxygens (including phenoxy) is 1. The predicted octanol–water partition coefficient (Wildman–Crippen LogP) is 4.07. The number of nitrogens with one attached hydrogen (secondary N) is 1. The number of hydrogen-bond donors (Lipinski definition) is 2. The number of allylic oxidation sites excluding steroid dienone is 1. The number of nitrogens with zero attached hydrogens (tertiary/aromatic N) is 3. The van der Waals surface area contributed by atoms with E-state index < -0.39 is 6.10 Å². The van der Waals surface area contributed by atoms with Crippen LogP contribution in [0.4, 0.5) is 10.5 Å². The molecule has 2 heterocycles. The maximum Gasteiger partial charge on any atom is 0.318 e. The molecule has 7 heteroatoms. The van der Waals surface area contributed by atoms with Gasteiger partial charge in [0.25, 0.3) is 0 Å². The van der Waals surface area contributed by atoms with Crippen molar-refractivity contribution in [2.24, 2.45) is 5.92 Å². The molecule has 0 aromatic heterocycles. The fraction of sp³-hybridized carbons (Fsp3) is 0.552. The number of aliphatic hydroxyl groups is 1. The second-order valence-electron chi connectivity index (χ2n) is 9.94. The van der Waals surface area contributed by atoms with E-state index >= 15 is 0 Å². The van der Waals surface area contributed by atoms with E-state index in [0.29, 0.717) is 38.5 Å². The molecular formula is C29H44N4O3. The lowest BCUT2D eigenvalue weighted by atomic mass is 9.97. The Morgan fingerprint density at radius 3 is 2.56 bits per heavy atom. The Balaban J connectivity index is 1.38. The van der Waals surface area contributed by atoms with Gasteiger partial charge in [0.1, 0.15) is 5.75 Å². The lowest BCUT2D eigenvalue weighted by Gasteiger charge is -2.37. The normalized spacial score (nSPS) is 18.9. The third kappa shape index (κ3) is 7.37. The van der Waals surface area contributed by atoms with Crippen LogP contribution in [0.25, 0.3) is 0 Å². The van der Waals surface area contributed by atoms with Gasteiger partial charge in [-0.15, -0.1) is 0 Å². The Bertz CT molecular complexity index is 950. The van der Waals surface area contributed by atoms with Gasteiger partial charge in [-0.1, -0.05) is 50.3 Å². The molecule has 2 aliphatic rings. The molecule has 7 nitrogen and oxygen atoms in total. The van der Waals surface area contributed by atoms with Gasteiger partial charge in [-0.2, -0.15) is 0 Å². The van der Waals surface area contributed by atoms with E-state index in [0.717, 1.165) is 49.6 Å². The number of urea groups is 1. The van der Waals surface area contributed by atoms with E-state index in [4.69, 9.17) is 4.74 Å². The van der Waals surface area contributed by atoms with Crippen molar-refractivity contribution >= 4 is 11.7 Å². The van der Waals surface area contributed by atoms with Crippen LogP contribution in [-0.2, 0) is 0 Å². The van der Waals surface area contributed by atoms with Crippen LogP contribution in [0.15, 0.2) is 59.7 Å². The third-order valence-corrected chi connectivity index (χ3v) is 7.48. The van der Waals surface area contributed by atoms with Gasteiger partial charge in [0.15, 0.2) is 0 Å². The van der Waals surface area contributed by atoms with Crippen molar-refractivity contribution < 1.29 is 14.6 Å². The Morgan fingerprint density at radius 1 is 1.19 bits per heavy atom. The molecule has 1 aromatic rings. The predicted molar refractivity (Wildman–Crippen MR) is 148 cm³/mol. The van der Waals surface area contributed by atoms with Crippen LogP contribution in [0.5, 0.6) is 5.75 Å². The summed E-state index contributed by atoms with van der Waals surface area (Å²) >= 11 is 0. The number of benzene rings is 1. The standard InChI is InChI=1S/C29H44N4O3/c1-6-22(3)23(4)18-25-20-33(19-24(25)7-2)29(35)30-13-12-26(34)21-31-14-16-32(17-15-31)27-10-8-9-11-28(27)36-5/h7-11,18,22,26,34H,2,6,12-17,19-21H2,1,3-5H3,(H,30,35)/b23-18-. The molecule has 0 saturated carbocycles. The van der Waals surface area contributed by atoms with Crippen LogP contribution < -0.4 is 15.0 Å². The van der Waals surface area contributed by atoms with Gasteiger partial charge in [-0.25, -0.2) is 4.79 Å². The zero-order valence-electron chi connectivity index (χ0n) is 22.5. The Hall–Kier alpha value is -2.77. The first kappa shape index (κ1) is 27.8. The SMILES string of the molecule is C=CC1=C(/C=C(/C)C(C)CC)CN(C(=O)NCCC(O)CN2CCN(c3ccccc3OC)CC2)C1. The van der Waals surface area contributed by atoms with E-state index in [1.807, 2.05) is 29.2 Å². The molecule has 2 amide bonds. The van der Waals surface area contributed by atoms with Gasteiger partial charge in [0.2, 0.25) is 0 Å². The summed E-state index contributed by atoms with van der Waals surface area (Å²) in [7, 11) is 1.70. The summed E-state index contributed by atoms with van der Waals surface area (Å²) in [6.07, 6.45) is 5.24. The minimum absolute atomic E-state index is 0.0865. The summed E-state index contributed by atoms with van der Waals surface area (Å²) in [4.78, 5) is 19.2. The summed E-state index contributed by atoms with van der Waals surface area (Å²) in [5.74, 6) is 1.42. The quantitative estimate of drug-likeness (QED) is 0.483. The molecule has 36 heavy (non-hydrogen) atoms. The smallest absolute Gasteiger partial charge is 0.318 e. The fourth-order valence-electron chi connectivity index (χ4n) is 4.80. The number of piperazine rings is 1. The lowest BCUT2D eigenvalue weighted by molar-refractivity contribution is 0.102. The van der Waals surface area contributed by atoms with Crippen molar-refractivity contribution in [3.8, 4) is 5.75 Å². The zero-order chi connectivity index (χ0) is 26.1. The van der Waals surface area contributed by atoms with Crippen molar-refractivity contribution in [3.63, 3.8) is 0 Å². The summed E-state index contributed by atoms with van der Waals surface area (Å²) in [6.45, 7) is 16.3. The molecule has 0 spiro atoms.